The summed E-state index contributed by atoms with van der Waals surface area (Å²) < 4.78 is 18.1. The van der Waals surface area contributed by atoms with E-state index in [0.717, 1.165) is 10.6 Å². The Labute approximate surface area is 174 Å². The van der Waals surface area contributed by atoms with Crippen LogP contribution in [0.15, 0.2) is 53.4 Å². The number of anilines is 1. The molecule has 29 heavy (non-hydrogen) atoms. The van der Waals surface area contributed by atoms with E-state index < -0.39 is 0 Å². The van der Waals surface area contributed by atoms with Crippen LogP contribution in [0.25, 0.3) is 0 Å². The fraction of sp³-hybridized carbons (Fsp3) is 0.333. The van der Waals surface area contributed by atoms with E-state index in [2.05, 4.69) is 5.32 Å². The highest BCUT2D eigenvalue weighted by atomic mass is 32.2. The lowest BCUT2D eigenvalue weighted by molar-refractivity contribution is -0.132. The minimum absolute atomic E-state index is 0.101. The highest BCUT2D eigenvalue weighted by Crippen LogP contribution is 2.22. The molecule has 1 fully saturated rings. The summed E-state index contributed by atoms with van der Waals surface area (Å²) in [6.45, 7) is 1.99. The number of thioether (sulfide) groups is 1. The largest absolute Gasteiger partial charge is 0.497 e. The first-order chi connectivity index (χ1) is 14.0. The molecule has 8 heteroatoms. The summed E-state index contributed by atoms with van der Waals surface area (Å²) in [4.78, 5) is 29.3. The molecule has 1 aliphatic heterocycles. The van der Waals surface area contributed by atoms with Crippen LogP contribution in [0.5, 0.6) is 5.75 Å². The minimum atomic E-state index is -0.347. The number of carbonyl (C=O) groups is 2. The van der Waals surface area contributed by atoms with E-state index >= 15 is 0 Å². The van der Waals surface area contributed by atoms with Gasteiger partial charge in [-0.1, -0.05) is 0 Å². The molecule has 2 aromatic rings. The van der Waals surface area contributed by atoms with Gasteiger partial charge in [-0.05, 0) is 48.5 Å². The van der Waals surface area contributed by atoms with Crippen molar-refractivity contribution in [2.75, 3.05) is 44.4 Å². The van der Waals surface area contributed by atoms with Gasteiger partial charge < -0.3 is 19.9 Å². The Morgan fingerprint density at radius 1 is 1.00 bits per heavy atom. The number of ether oxygens (including phenoxy) is 1. The van der Waals surface area contributed by atoms with Gasteiger partial charge in [0, 0.05) is 48.9 Å². The van der Waals surface area contributed by atoms with Crippen molar-refractivity contribution in [2.24, 2.45) is 0 Å². The number of benzene rings is 2. The predicted molar refractivity (Wildman–Crippen MR) is 112 cm³/mol. The molecule has 1 N–H and O–H groups in total. The zero-order chi connectivity index (χ0) is 20.6. The Morgan fingerprint density at radius 2 is 1.62 bits per heavy atom. The van der Waals surface area contributed by atoms with Gasteiger partial charge >= 0.3 is 6.03 Å². The van der Waals surface area contributed by atoms with Crippen molar-refractivity contribution in [1.29, 1.82) is 0 Å². The fourth-order valence-corrected chi connectivity index (χ4v) is 3.82. The highest BCUT2D eigenvalue weighted by Gasteiger charge is 2.24. The van der Waals surface area contributed by atoms with Crippen molar-refractivity contribution < 1.29 is 18.7 Å². The second kappa shape index (κ2) is 10.2. The molecule has 3 rings (SSSR count). The number of halogens is 1. The molecule has 6 nitrogen and oxygen atoms in total. The van der Waals surface area contributed by atoms with E-state index in [1.54, 1.807) is 28.7 Å². The Morgan fingerprint density at radius 3 is 2.24 bits per heavy atom. The summed E-state index contributed by atoms with van der Waals surface area (Å²) in [6, 6.07) is 13.2. The van der Waals surface area contributed by atoms with Crippen molar-refractivity contribution in [3.63, 3.8) is 0 Å². The van der Waals surface area contributed by atoms with Crippen molar-refractivity contribution in [3.8, 4) is 5.75 Å². The Kier molecular flexibility index (Phi) is 7.35. The van der Waals surface area contributed by atoms with Crippen LogP contribution in [0.1, 0.15) is 6.42 Å². The molecule has 0 aliphatic carbocycles. The standard InChI is InChI=1S/C21H24FN3O3S/c1-28-18-6-8-19(9-7-18)29-15-10-20(26)24-11-13-25(14-12-24)21(27)23-17-4-2-16(22)3-5-17/h2-9H,10-15H2,1H3,(H,23,27). The van der Waals surface area contributed by atoms with E-state index in [1.165, 1.54) is 24.3 Å². The molecule has 0 unspecified atom stereocenters. The topological polar surface area (TPSA) is 61.9 Å². The van der Waals surface area contributed by atoms with Gasteiger partial charge in [0.05, 0.1) is 7.11 Å². The minimum Gasteiger partial charge on any atom is -0.497 e. The molecule has 0 aromatic heterocycles. The van der Waals surface area contributed by atoms with Gasteiger partial charge in [-0.15, -0.1) is 11.8 Å². The number of piperazine rings is 1. The van der Waals surface area contributed by atoms with Gasteiger partial charge in [-0.2, -0.15) is 0 Å². The SMILES string of the molecule is COc1ccc(SCCC(=O)N2CCN(C(=O)Nc3ccc(F)cc3)CC2)cc1. The number of carbonyl (C=O) groups excluding carboxylic acids is 2. The first-order valence-corrected chi connectivity index (χ1v) is 10.4. The zero-order valence-electron chi connectivity index (χ0n) is 16.3. The summed E-state index contributed by atoms with van der Waals surface area (Å²) in [5.41, 5.74) is 0.547. The average molecular weight is 418 g/mol. The molecule has 2 aromatic carbocycles. The maximum atomic E-state index is 12.9. The summed E-state index contributed by atoms with van der Waals surface area (Å²) in [6.07, 6.45) is 0.457. The van der Waals surface area contributed by atoms with Crippen LogP contribution < -0.4 is 10.1 Å². The average Bonchev–Trinajstić information content (AvgIpc) is 2.76. The van der Waals surface area contributed by atoms with Crippen LogP contribution in [-0.2, 0) is 4.79 Å². The lowest BCUT2D eigenvalue weighted by atomic mass is 10.3. The zero-order valence-corrected chi connectivity index (χ0v) is 17.1. The molecule has 0 atom stereocenters. The number of amides is 3. The van der Waals surface area contributed by atoms with Crippen LogP contribution in [0, 0.1) is 5.82 Å². The Hall–Kier alpha value is -2.74. The first kappa shape index (κ1) is 21.0. The number of nitrogens with one attached hydrogen (secondary N) is 1. The van der Waals surface area contributed by atoms with Crippen LogP contribution in [0.3, 0.4) is 0 Å². The van der Waals surface area contributed by atoms with Gasteiger partial charge in [-0.25, -0.2) is 9.18 Å². The molecule has 1 aliphatic rings. The smallest absolute Gasteiger partial charge is 0.321 e. The molecule has 1 heterocycles. The first-order valence-electron chi connectivity index (χ1n) is 9.41. The lowest BCUT2D eigenvalue weighted by Crippen LogP contribution is -2.51. The predicted octanol–water partition coefficient (Wildman–Crippen LogP) is 3.69. The summed E-state index contributed by atoms with van der Waals surface area (Å²) in [5.74, 6) is 1.27. The lowest BCUT2D eigenvalue weighted by Gasteiger charge is -2.34. The maximum Gasteiger partial charge on any atom is 0.321 e. The Bertz CT molecular complexity index is 822. The third-order valence-electron chi connectivity index (χ3n) is 4.66. The monoisotopic (exact) mass is 417 g/mol. The van der Waals surface area contributed by atoms with Gasteiger partial charge in [0.1, 0.15) is 11.6 Å². The van der Waals surface area contributed by atoms with Crippen molar-refractivity contribution in [3.05, 3.63) is 54.3 Å². The van der Waals surface area contributed by atoms with Gasteiger partial charge in [0.2, 0.25) is 5.91 Å². The Balaban J connectivity index is 1.38. The number of nitrogens with zero attached hydrogens (tertiary/aromatic N) is 2. The van der Waals surface area contributed by atoms with Crippen LogP contribution in [-0.4, -0.2) is 60.8 Å². The van der Waals surface area contributed by atoms with E-state index in [9.17, 15) is 14.0 Å². The summed E-state index contributed by atoms with van der Waals surface area (Å²) in [5, 5.41) is 2.75. The highest BCUT2D eigenvalue weighted by molar-refractivity contribution is 7.99. The van der Waals surface area contributed by atoms with E-state index in [1.807, 2.05) is 24.3 Å². The number of rotatable bonds is 6. The quantitative estimate of drug-likeness (QED) is 0.728. The van der Waals surface area contributed by atoms with Crippen molar-refractivity contribution >= 4 is 29.4 Å². The molecule has 1 saturated heterocycles. The van der Waals surface area contributed by atoms with Gasteiger partial charge in [0.25, 0.3) is 0 Å². The van der Waals surface area contributed by atoms with Gasteiger partial charge in [-0.3, -0.25) is 4.79 Å². The molecule has 3 amide bonds. The van der Waals surface area contributed by atoms with Crippen molar-refractivity contribution in [2.45, 2.75) is 11.3 Å². The van der Waals surface area contributed by atoms with E-state index in [-0.39, 0.29) is 17.8 Å². The third kappa shape index (κ3) is 6.12. The van der Waals surface area contributed by atoms with Crippen molar-refractivity contribution in [1.82, 2.24) is 9.80 Å². The van der Waals surface area contributed by atoms with Crippen LogP contribution >= 0.6 is 11.8 Å². The second-order valence-electron chi connectivity index (χ2n) is 6.58. The second-order valence-corrected chi connectivity index (χ2v) is 7.75. The molecule has 0 spiro atoms. The molecule has 0 saturated carbocycles. The number of hydrogen-bond donors (Lipinski definition) is 1. The number of urea groups is 1. The van der Waals surface area contributed by atoms with Crippen LogP contribution in [0.4, 0.5) is 14.9 Å². The molecular formula is C21H24FN3O3S. The molecule has 0 radical (unpaired) electrons. The normalized spacial score (nSPS) is 13.9. The summed E-state index contributed by atoms with van der Waals surface area (Å²) in [7, 11) is 1.63. The molecular weight excluding hydrogens is 393 g/mol. The molecule has 0 bridgehead atoms. The third-order valence-corrected chi connectivity index (χ3v) is 5.67. The summed E-state index contributed by atoms with van der Waals surface area (Å²) >= 11 is 1.64. The fourth-order valence-electron chi connectivity index (χ4n) is 2.98. The van der Waals surface area contributed by atoms with Gasteiger partial charge in [0.15, 0.2) is 0 Å². The maximum absolute atomic E-state index is 12.9. The van der Waals surface area contributed by atoms with E-state index in [0.29, 0.717) is 44.0 Å². The van der Waals surface area contributed by atoms with Crippen LogP contribution in [0.2, 0.25) is 0 Å². The van der Waals surface area contributed by atoms with E-state index in [4.69, 9.17) is 4.74 Å². The number of hydrogen-bond acceptors (Lipinski definition) is 4. The number of methoxy groups -OCH3 is 1. The molecule has 154 valence electrons.